The smallest absolute Gasteiger partial charge is 0.286 e. The zero-order valence-corrected chi connectivity index (χ0v) is 4.43. The first-order chi connectivity index (χ1) is 3.06. The molecular weight excluding hydrogens is 88.9 g/mol. The highest BCUT2D eigenvalue weighted by Gasteiger charge is 2.07. The molecule has 0 saturated carbocycles. The van der Waals surface area contributed by atoms with Crippen LogP contribution in [-0.2, 0) is 4.74 Å². The van der Waals surface area contributed by atoms with Gasteiger partial charge in [0.1, 0.15) is 7.85 Å². The SMILES string of the molecule is [B]C(C)(C)OC#N. The minimum absolute atomic E-state index is 0.811. The first-order valence-corrected chi connectivity index (χ1v) is 1.92. The summed E-state index contributed by atoms with van der Waals surface area (Å²) >= 11 is 0. The molecule has 0 fully saturated rings. The van der Waals surface area contributed by atoms with E-state index in [4.69, 9.17) is 13.1 Å². The number of rotatable bonds is 1. The lowest BCUT2D eigenvalue weighted by molar-refractivity contribution is 0.155. The zero-order chi connectivity index (χ0) is 5.91. The van der Waals surface area contributed by atoms with Crippen molar-refractivity contribution in [1.82, 2.24) is 0 Å². The van der Waals surface area contributed by atoms with E-state index in [-0.39, 0.29) is 0 Å². The van der Waals surface area contributed by atoms with E-state index in [0.29, 0.717) is 0 Å². The molecule has 0 amide bonds. The Morgan fingerprint density at radius 2 is 2.14 bits per heavy atom. The summed E-state index contributed by atoms with van der Waals surface area (Å²) in [6.07, 6.45) is 1.48. The normalized spacial score (nSPS) is 9.86. The molecule has 0 unspecified atom stereocenters. The Balaban J connectivity index is 3.40. The Morgan fingerprint density at radius 1 is 1.71 bits per heavy atom. The van der Waals surface area contributed by atoms with Crippen LogP contribution in [0.1, 0.15) is 13.8 Å². The van der Waals surface area contributed by atoms with Crippen molar-refractivity contribution in [2.75, 3.05) is 0 Å². The summed E-state index contributed by atoms with van der Waals surface area (Å²) in [4.78, 5) is 0. The van der Waals surface area contributed by atoms with Crippen molar-refractivity contribution in [1.29, 1.82) is 5.26 Å². The third kappa shape index (κ3) is 5.35. The molecule has 7 heavy (non-hydrogen) atoms. The second-order valence-corrected chi connectivity index (χ2v) is 1.80. The van der Waals surface area contributed by atoms with Gasteiger partial charge in [-0.05, 0) is 13.8 Å². The van der Waals surface area contributed by atoms with Gasteiger partial charge in [-0.2, -0.15) is 5.26 Å². The molecule has 0 heterocycles. The van der Waals surface area contributed by atoms with Gasteiger partial charge in [0.05, 0.1) is 5.50 Å². The van der Waals surface area contributed by atoms with E-state index >= 15 is 0 Å². The van der Waals surface area contributed by atoms with Gasteiger partial charge in [-0.3, -0.25) is 0 Å². The highest BCUT2D eigenvalue weighted by Crippen LogP contribution is 1.98. The van der Waals surface area contributed by atoms with E-state index in [2.05, 4.69) is 4.74 Å². The maximum atomic E-state index is 7.85. The van der Waals surface area contributed by atoms with Gasteiger partial charge in [0.2, 0.25) is 0 Å². The standard InChI is InChI=1S/C4H6BNO/c1-4(2,5)7-3-6/h1-2H3. The van der Waals surface area contributed by atoms with E-state index in [1.54, 1.807) is 13.8 Å². The van der Waals surface area contributed by atoms with Crippen LogP contribution in [0.5, 0.6) is 0 Å². The lowest BCUT2D eigenvalue weighted by Crippen LogP contribution is -2.21. The van der Waals surface area contributed by atoms with Gasteiger partial charge < -0.3 is 4.74 Å². The van der Waals surface area contributed by atoms with Gasteiger partial charge in [0, 0.05) is 0 Å². The second-order valence-electron chi connectivity index (χ2n) is 1.80. The van der Waals surface area contributed by atoms with E-state index in [0.717, 1.165) is 0 Å². The van der Waals surface area contributed by atoms with Crippen molar-refractivity contribution in [3.8, 4) is 6.26 Å². The predicted octanol–water partition coefficient (Wildman–Crippen LogP) is 0.389. The molecule has 0 aromatic rings. The van der Waals surface area contributed by atoms with Crippen molar-refractivity contribution >= 4 is 7.85 Å². The quantitative estimate of drug-likeness (QED) is 0.348. The van der Waals surface area contributed by atoms with E-state index in [1.165, 1.54) is 6.26 Å². The van der Waals surface area contributed by atoms with Gasteiger partial charge in [0.25, 0.3) is 6.26 Å². The molecule has 0 atom stereocenters. The number of hydrogen-bond donors (Lipinski definition) is 0. The largest absolute Gasteiger partial charge is 0.432 e. The van der Waals surface area contributed by atoms with Crippen molar-refractivity contribution in [3.63, 3.8) is 0 Å². The molecule has 0 N–H and O–H groups in total. The maximum Gasteiger partial charge on any atom is 0.286 e. The maximum absolute atomic E-state index is 7.85. The van der Waals surface area contributed by atoms with Crippen LogP contribution in [-0.4, -0.2) is 13.3 Å². The van der Waals surface area contributed by atoms with Crippen molar-refractivity contribution in [3.05, 3.63) is 0 Å². The van der Waals surface area contributed by atoms with Crippen LogP contribution in [0, 0.1) is 11.5 Å². The van der Waals surface area contributed by atoms with Gasteiger partial charge in [-0.1, -0.05) is 0 Å². The van der Waals surface area contributed by atoms with Gasteiger partial charge in [-0.25, -0.2) is 0 Å². The average molecular weight is 94.9 g/mol. The third-order valence-electron chi connectivity index (χ3n) is 0.309. The van der Waals surface area contributed by atoms with Gasteiger partial charge >= 0.3 is 0 Å². The molecule has 0 saturated heterocycles. The summed E-state index contributed by atoms with van der Waals surface area (Å²) in [5, 5.41) is 7.85. The Bertz CT molecular complexity index is 88.8. The molecule has 0 aliphatic carbocycles. The predicted molar refractivity (Wildman–Crippen MR) is 26.5 cm³/mol. The van der Waals surface area contributed by atoms with Gasteiger partial charge in [-0.15, -0.1) is 0 Å². The fourth-order valence-corrected chi connectivity index (χ4v) is 0.118. The summed E-state index contributed by atoms with van der Waals surface area (Å²) in [5.41, 5.74) is -0.811. The highest BCUT2D eigenvalue weighted by molar-refractivity contribution is 6.13. The van der Waals surface area contributed by atoms with E-state index < -0.39 is 5.50 Å². The third-order valence-corrected chi connectivity index (χ3v) is 0.309. The van der Waals surface area contributed by atoms with Crippen molar-refractivity contribution in [2.45, 2.75) is 19.3 Å². The molecule has 0 rings (SSSR count). The molecule has 0 aromatic heterocycles. The minimum atomic E-state index is -0.811. The summed E-state index contributed by atoms with van der Waals surface area (Å²) in [5.74, 6) is 0. The average Bonchev–Trinajstić information content (AvgIpc) is 1.30. The Labute approximate surface area is 44.5 Å². The lowest BCUT2D eigenvalue weighted by atomic mass is 9.86. The highest BCUT2D eigenvalue weighted by atomic mass is 16.5. The van der Waals surface area contributed by atoms with Crippen LogP contribution >= 0.6 is 0 Å². The first-order valence-electron chi connectivity index (χ1n) is 1.92. The first kappa shape index (κ1) is 6.35. The Hall–Kier alpha value is -0.645. The number of nitrogens with zero attached hydrogens (tertiary/aromatic N) is 1. The van der Waals surface area contributed by atoms with E-state index in [1.807, 2.05) is 0 Å². The number of nitriles is 1. The van der Waals surface area contributed by atoms with Crippen molar-refractivity contribution < 1.29 is 4.74 Å². The molecule has 0 spiro atoms. The van der Waals surface area contributed by atoms with Gasteiger partial charge in [0.15, 0.2) is 0 Å². The molecule has 36 valence electrons. The van der Waals surface area contributed by atoms with Crippen LogP contribution in [0.3, 0.4) is 0 Å². The Kier molecular flexibility index (Phi) is 1.70. The molecular formula is C4H6BNO. The molecule has 2 nitrogen and oxygen atoms in total. The van der Waals surface area contributed by atoms with Crippen molar-refractivity contribution in [2.24, 2.45) is 0 Å². The monoisotopic (exact) mass is 95.1 g/mol. The minimum Gasteiger partial charge on any atom is -0.432 e. The second kappa shape index (κ2) is 1.88. The summed E-state index contributed by atoms with van der Waals surface area (Å²) in [6, 6.07) is 0. The van der Waals surface area contributed by atoms with Crippen LogP contribution in [0.2, 0.25) is 0 Å². The topological polar surface area (TPSA) is 33.0 Å². The summed E-state index contributed by atoms with van der Waals surface area (Å²) in [6.45, 7) is 3.21. The lowest BCUT2D eigenvalue weighted by Gasteiger charge is -2.12. The molecule has 0 aromatic carbocycles. The molecule has 0 aliphatic heterocycles. The molecule has 3 heteroatoms. The van der Waals surface area contributed by atoms with Crippen LogP contribution in [0.4, 0.5) is 0 Å². The van der Waals surface area contributed by atoms with E-state index in [9.17, 15) is 0 Å². The fraction of sp³-hybridized carbons (Fsp3) is 0.750. The van der Waals surface area contributed by atoms with Crippen LogP contribution < -0.4 is 0 Å². The Morgan fingerprint density at radius 3 is 2.14 bits per heavy atom. The summed E-state index contributed by atoms with van der Waals surface area (Å²) in [7, 11) is 5.20. The molecule has 0 aliphatic rings. The zero-order valence-electron chi connectivity index (χ0n) is 4.43. The number of hydrogen-bond acceptors (Lipinski definition) is 2. The molecule has 0 bridgehead atoms. The number of ether oxygens (including phenoxy) is 1. The molecule has 2 radical (unpaired) electrons. The van der Waals surface area contributed by atoms with Crippen LogP contribution in [0.15, 0.2) is 0 Å². The van der Waals surface area contributed by atoms with Crippen LogP contribution in [0.25, 0.3) is 0 Å². The fourth-order valence-electron chi connectivity index (χ4n) is 0.118. The summed E-state index contributed by atoms with van der Waals surface area (Å²) < 4.78 is 4.31.